The first-order valence-corrected chi connectivity index (χ1v) is 11.6. The molecule has 6 heteroatoms. The van der Waals surface area contributed by atoms with Gasteiger partial charge in [-0.2, -0.15) is 0 Å². The summed E-state index contributed by atoms with van der Waals surface area (Å²) in [7, 11) is 0. The average Bonchev–Trinajstić information content (AvgIpc) is 3.21. The van der Waals surface area contributed by atoms with Gasteiger partial charge >= 0.3 is 5.97 Å². The summed E-state index contributed by atoms with van der Waals surface area (Å²) in [5, 5.41) is 11.9. The van der Waals surface area contributed by atoms with Crippen molar-refractivity contribution in [3.8, 4) is 0 Å². The number of nitrogens with one attached hydrogen (secondary N) is 2. The molecule has 0 bridgehead atoms. The zero-order chi connectivity index (χ0) is 21.2. The van der Waals surface area contributed by atoms with Gasteiger partial charge < -0.3 is 15.4 Å². The van der Waals surface area contributed by atoms with Crippen molar-refractivity contribution < 1.29 is 14.7 Å². The summed E-state index contributed by atoms with van der Waals surface area (Å²) in [5.74, 6) is -1.20. The fourth-order valence-corrected chi connectivity index (χ4v) is 3.56. The van der Waals surface area contributed by atoms with E-state index in [9.17, 15) is 14.7 Å². The summed E-state index contributed by atoms with van der Waals surface area (Å²) in [6.07, 6.45) is 21.5. The van der Waals surface area contributed by atoms with Crippen LogP contribution >= 0.6 is 0 Å². The Morgan fingerprint density at radius 2 is 1.45 bits per heavy atom. The van der Waals surface area contributed by atoms with Crippen molar-refractivity contribution in [1.82, 2.24) is 15.3 Å². The Morgan fingerprint density at radius 1 is 0.931 bits per heavy atom. The molecule has 1 rings (SSSR count). The molecule has 3 N–H and O–H groups in total. The maximum absolute atomic E-state index is 12.0. The second-order valence-electron chi connectivity index (χ2n) is 8.09. The van der Waals surface area contributed by atoms with Crippen molar-refractivity contribution in [3.63, 3.8) is 0 Å². The van der Waals surface area contributed by atoms with E-state index in [-0.39, 0.29) is 12.3 Å². The predicted octanol–water partition coefficient (Wildman–Crippen LogP) is 5.39. The number of nitrogens with zero attached hydrogens (tertiary/aromatic N) is 1. The maximum Gasteiger partial charge on any atom is 0.326 e. The molecule has 0 radical (unpaired) electrons. The third kappa shape index (κ3) is 13.9. The van der Waals surface area contributed by atoms with Crippen LogP contribution in [0.1, 0.15) is 109 Å². The molecular formula is C23H41N3O3. The molecule has 0 aliphatic heterocycles. The second-order valence-corrected chi connectivity index (χ2v) is 8.09. The maximum atomic E-state index is 12.0. The minimum absolute atomic E-state index is 0.184. The number of carboxylic acid groups (broad SMARTS) is 1. The number of hydrogen-bond acceptors (Lipinski definition) is 3. The number of amides is 1. The monoisotopic (exact) mass is 407 g/mol. The quantitative estimate of drug-likeness (QED) is 0.268. The minimum Gasteiger partial charge on any atom is -0.480 e. The third-order valence-corrected chi connectivity index (χ3v) is 5.37. The van der Waals surface area contributed by atoms with Crippen molar-refractivity contribution in [2.75, 3.05) is 0 Å². The van der Waals surface area contributed by atoms with E-state index in [4.69, 9.17) is 0 Å². The molecule has 1 aromatic rings. The second kappa shape index (κ2) is 17.0. The van der Waals surface area contributed by atoms with Crippen molar-refractivity contribution >= 4 is 11.9 Å². The molecule has 0 spiro atoms. The van der Waals surface area contributed by atoms with Crippen molar-refractivity contribution in [2.24, 2.45) is 0 Å². The predicted molar refractivity (Wildman–Crippen MR) is 117 cm³/mol. The van der Waals surface area contributed by atoms with Gasteiger partial charge in [-0.1, -0.05) is 90.4 Å². The van der Waals surface area contributed by atoms with E-state index in [0.29, 0.717) is 12.1 Å². The first kappa shape index (κ1) is 25.2. The van der Waals surface area contributed by atoms with Gasteiger partial charge in [0.15, 0.2) is 0 Å². The molecule has 0 fully saturated rings. The molecule has 1 amide bonds. The number of aromatic amines is 1. The van der Waals surface area contributed by atoms with Gasteiger partial charge in [0, 0.05) is 24.7 Å². The average molecular weight is 408 g/mol. The highest BCUT2D eigenvalue weighted by Gasteiger charge is 2.20. The lowest BCUT2D eigenvalue weighted by Gasteiger charge is -2.13. The Kier molecular flexibility index (Phi) is 14.8. The summed E-state index contributed by atoms with van der Waals surface area (Å²) in [5.41, 5.74) is 0.703. The van der Waals surface area contributed by atoms with E-state index in [0.717, 1.165) is 19.3 Å². The molecule has 0 aliphatic rings. The lowest BCUT2D eigenvalue weighted by Crippen LogP contribution is -2.42. The summed E-state index contributed by atoms with van der Waals surface area (Å²) in [6, 6.07) is -0.908. The topological polar surface area (TPSA) is 95.1 Å². The molecule has 29 heavy (non-hydrogen) atoms. The number of carboxylic acids is 1. The number of unbranched alkanes of at least 4 members (excludes halogenated alkanes) is 13. The molecule has 166 valence electrons. The molecule has 1 heterocycles. The lowest BCUT2D eigenvalue weighted by molar-refractivity contribution is -0.141. The van der Waals surface area contributed by atoms with Gasteiger partial charge in [0.25, 0.3) is 0 Å². The first-order valence-electron chi connectivity index (χ1n) is 11.6. The Balaban J connectivity index is 1.93. The highest BCUT2D eigenvalue weighted by Crippen LogP contribution is 2.13. The van der Waals surface area contributed by atoms with Gasteiger partial charge in [0.1, 0.15) is 6.04 Å². The number of imidazole rings is 1. The summed E-state index contributed by atoms with van der Waals surface area (Å²) in [6.45, 7) is 2.26. The number of aliphatic carboxylic acids is 1. The molecule has 0 aromatic carbocycles. The fraction of sp³-hybridized carbons (Fsp3) is 0.783. The molecular weight excluding hydrogens is 366 g/mol. The van der Waals surface area contributed by atoms with Crippen molar-refractivity contribution in [3.05, 3.63) is 18.2 Å². The highest BCUT2D eigenvalue weighted by molar-refractivity contribution is 5.83. The lowest BCUT2D eigenvalue weighted by atomic mass is 10.0. The molecule has 0 aliphatic carbocycles. The number of rotatable bonds is 19. The summed E-state index contributed by atoms with van der Waals surface area (Å²) in [4.78, 5) is 30.1. The van der Waals surface area contributed by atoms with E-state index >= 15 is 0 Å². The zero-order valence-electron chi connectivity index (χ0n) is 18.3. The smallest absolute Gasteiger partial charge is 0.326 e. The van der Waals surface area contributed by atoms with Crippen LogP contribution < -0.4 is 5.32 Å². The molecule has 1 aromatic heterocycles. The van der Waals surface area contributed by atoms with Gasteiger partial charge in [-0.15, -0.1) is 0 Å². The van der Waals surface area contributed by atoms with Gasteiger partial charge in [0.2, 0.25) is 5.91 Å². The van der Waals surface area contributed by atoms with Crippen LogP contribution in [0.15, 0.2) is 12.5 Å². The van der Waals surface area contributed by atoms with Gasteiger partial charge in [-0.25, -0.2) is 9.78 Å². The third-order valence-electron chi connectivity index (χ3n) is 5.37. The standard InChI is InChI=1S/C23H41N3O3/c1-2-3-4-5-6-7-8-9-10-11-12-13-14-15-16-22(27)26-21(23(28)29)17-20-18-24-19-25-20/h18-19,21H,2-17H2,1H3,(H,24,25)(H,26,27)(H,28,29). The van der Waals surface area contributed by atoms with Crippen LogP contribution in [0.2, 0.25) is 0 Å². The Hall–Kier alpha value is -1.85. The van der Waals surface area contributed by atoms with E-state index in [1.807, 2.05) is 0 Å². The largest absolute Gasteiger partial charge is 0.480 e. The normalized spacial score (nSPS) is 12.0. The molecule has 0 saturated carbocycles. The van der Waals surface area contributed by atoms with E-state index in [1.165, 1.54) is 77.0 Å². The van der Waals surface area contributed by atoms with Crippen LogP contribution in [0, 0.1) is 0 Å². The van der Waals surface area contributed by atoms with E-state index in [1.54, 1.807) is 6.20 Å². The SMILES string of the molecule is CCCCCCCCCCCCCCCCC(=O)NC(Cc1cnc[nH]1)C(=O)O. The van der Waals surface area contributed by atoms with Crippen LogP contribution in [0.3, 0.4) is 0 Å². The van der Waals surface area contributed by atoms with Crippen molar-refractivity contribution in [1.29, 1.82) is 0 Å². The summed E-state index contributed by atoms with van der Waals surface area (Å²) < 4.78 is 0. The first-order chi connectivity index (χ1) is 14.1. The number of carbonyl (C=O) groups excluding carboxylic acids is 1. The van der Waals surface area contributed by atoms with Gasteiger partial charge in [-0.05, 0) is 6.42 Å². The number of H-pyrrole nitrogens is 1. The van der Waals surface area contributed by atoms with Crippen LogP contribution in [0.25, 0.3) is 0 Å². The van der Waals surface area contributed by atoms with Crippen LogP contribution in [-0.2, 0) is 16.0 Å². The van der Waals surface area contributed by atoms with Crippen LogP contribution in [0.4, 0.5) is 0 Å². The number of aromatic nitrogens is 2. The highest BCUT2D eigenvalue weighted by atomic mass is 16.4. The van der Waals surface area contributed by atoms with Crippen molar-refractivity contribution in [2.45, 2.75) is 116 Å². The van der Waals surface area contributed by atoms with Crippen LogP contribution in [-0.4, -0.2) is 33.0 Å². The molecule has 1 unspecified atom stereocenters. The fourth-order valence-electron chi connectivity index (χ4n) is 3.56. The molecule has 0 saturated heterocycles. The van der Waals surface area contributed by atoms with E-state index in [2.05, 4.69) is 22.2 Å². The minimum atomic E-state index is -1.02. The Labute approximate surface area is 176 Å². The number of hydrogen-bond donors (Lipinski definition) is 3. The Bertz CT molecular complexity index is 531. The Morgan fingerprint density at radius 3 is 1.90 bits per heavy atom. The van der Waals surface area contributed by atoms with E-state index < -0.39 is 12.0 Å². The number of carbonyl (C=O) groups is 2. The molecule has 6 nitrogen and oxygen atoms in total. The van der Waals surface area contributed by atoms with Crippen LogP contribution in [0.5, 0.6) is 0 Å². The molecule has 1 atom stereocenters. The van der Waals surface area contributed by atoms with Gasteiger partial charge in [-0.3, -0.25) is 4.79 Å². The van der Waals surface area contributed by atoms with Gasteiger partial charge in [0.05, 0.1) is 6.33 Å². The zero-order valence-corrected chi connectivity index (χ0v) is 18.3. The summed E-state index contributed by atoms with van der Waals surface area (Å²) >= 11 is 0.